The van der Waals surface area contributed by atoms with Crippen molar-refractivity contribution in [3.05, 3.63) is 0 Å². The van der Waals surface area contributed by atoms with Crippen LogP contribution in [0.2, 0.25) is 0 Å². The number of rotatable bonds is 9. The van der Waals surface area contributed by atoms with Crippen LogP contribution in [0, 0.1) is 5.92 Å². The van der Waals surface area contributed by atoms with E-state index in [2.05, 4.69) is 30.9 Å². The summed E-state index contributed by atoms with van der Waals surface area (Å²) in [6.45, 7) is 7.34. The van der Waals surface area contributed by atoms with Gasteiger partial charge in [-0.1, -0.05) is 13.8 Å². The van der Waals surface area contributed by atoms with Crippen molar-refractivity contribution in [1.29, 1.82) is 0 Å². The molecule has 17 heavy (non-hydrogen) atoms. The van der Waals surface area contributed by atoms with Crippen molar-refractivity contribution in [1.82, 2.24) is 5.32 Å². The Labute approximate surface area is 111 Å². The first-order valence-corrected chi connectivity index (χ1v) is 8.41. The fraction of sp³-hybridized carbons (Fsp3) is 1.00. The minimum absolute atomic E-state index is 0.578. The van der Waals surface area contributed by atoms with E-state index in [0.29, 0.717) is 6.04 Å². The highest BCUT2D eigenvalue weighted by molar-refractivity contribution is 7.99. The zero-order valence-electron chi connectivity index (χ0n) is 11.5. The summed E-state index contributed by atoms with van der Waals surface area (Å²) in [4.78, 5) is 0. The second kappa shape index (κ2) is 10.2. The second-order valence-corrected chi connectivity index (χ2v) is 6.24. The maximum absolute atomic E-state index is 5.72. The Kier molecular flexibility index (Phi) is 9.21. The fourth-order valence-corrected chi connectivity index (χ4v) is 3.52. The monoisotopic (exact) mass is 259 g/mol. The van der Waals surface area contributed by atoms with Crippen LogP contribution >= 0.6 is 11.8 Å². The highest BCUT2D eigenvalue weighted by Gasteiger charge is 2.18. The maximum Gasteiger partial charge on any atom is 0.0619 e. The minimum atomic E-state index is 0.578. The highest BCUT2D eigenvalue weighted by atomic mass is 32.2. The van der Waals surface area contributed by atoms with Crippen LogP contribution in [0.4, 0.5) is 0 Å². The Balaban J connectivity index is 2.22. The molecule has 1 N–H and O–H groups in total. The van der Waals surface area contributed by atoms with E-state index in [0.717, 1.165) is 32.1 Å². The van der Waals surface area contributed by atoms with Crippen LogP contribution in [0.1, 0.15) is 46.0 Å². The van der Waals surface area contributed by atoms with Gasteiger partial charge in [0.25, 0.3) is 0 Å². The number of hydrogen-bond donors (Lipinski definition) is 1. The molecule has 0 spiro atoms. The predicted octanol–water partition coefficient (Wildman–Crippen LogP) is 3.31. The molecule has 0 radical (unpaired) electrons. The van der Waals surface area contributed by atoms with Crippen molar-refractivity contribution in [2.75, 3.05) is 31.3 Å². The van der Waals surface area contributed by atoms with Crippen molar-refractivity contribution in [3.63, 3.8) is 0 Å². The molecule has 2 nitrogen and oxygen atoms in total. The van der Waals surface area contributed by atoms with Gasteiger partial charge in [-0.05, 0) is 56.1 Å². The summed E-state index contributed by atoms with van der Waals surface area (Å²) in [6, 6.07) is 0.578. The topological polar surface area (TPSA) is 21.3 Å². The molecule has 1 unspecified atom stereocenters. The second-order valence-electron chi connectivity index (χ2n) is 5.02. The lowest BCUT2D eigenvalue weighted by Gasteiger charge is -2.27. The molecule has 1 rings (SSSR count). The Morgan fingerprint density at radius 1 is 1.24 bits per heavy atom. The number of thioether (sulfide) groups is 1. The fourth-order valence-electron chi connectivity index (χ4n) is 2.31. The highest BCUT2D eigenvalue weighted by Crippen LogP contribution is 2.26. The molecule has 0 aromatic rings. The molecule has 0 aromatic heterocycles. The van der Waals surface area contributed by atoms with Crippen molar-refractivity contribution in [2.24, 2.45) is 5.92 Å². The summed E-state index contributed by atoms with van der Waals surface area (Å²) < 4.78 is 5.72. The van der Waals surface area contributed by atoms with Gasteiger partial charge in [-0.25, -0.2) is 0 Å². The lowest BCUT2D eigenvalue weighted by Crippen LogP contribution is -2.36. The van der Waals surface area contributed by atoms with Crippen LogP contribution in [-0.2, 0) is 4.74 Å². The van der Waals surface area contributed by atoms with E-state index in [1.54, 1.807) is 0 Å². The van der Waals surface area contributed by atoms with Crippen molar-refractivity contribution < 1.29 is 4.74 Å². The molecule has 0 aliphatic carbocycles. The first-order valence-electron chi connectivity index (χ1n) is 7.25. The molecule has 3 heteroatoms. The molecule has 1 aliphatic rings. The van der Waals surface area contributed by atoms with Crippen LogP contribution in [0.5, 0.6) is 0 Å². The van der Waals surface area contributed by atoms with Crippen LogP contribution in [-0.4, -0.2) is 37.3 Å². The largest absolute Gasteiger partial charge is 0.380 e. The van der Waals surface area contributed by atoms with E-state index in [-0.39, 0.29) is 0 Å². The van der Waals surface area contributed by atoms with Gasteiger partial charge in [0.1, 0.15) is 0 Å². The van der Waals surface area contributed by atoms with Gasteiger partial charge in [-0.3, -0.25) is 0 Å². The van der Waals surface area contributed by atoms with E-state index in [4.69, 9.17) is 4.74 Å². The van der Waals surface area contributed by atoms with Crippen molar-refractivity contribution in [3.8, 4) is 0 Å². The van der Waals surface area contributed by atoms with E-state index in [9.17, 15) is 0 Å². The van der Waals surface area contributed by atoms with Gasteiger partial charge in [-0.15, -0.1) is 0 Å². The third-order valence-corrected chi connectivity index (χ3v) is 4.36. The van der Waals surface area contributed by atoms with Gasteiger partial charge < -0.3 is 10.1 Å². The van der Waals surface area contributed by atoms with Gasteiger partial charge in [0.2, 0.25) is 0 Å². The number of hydrogen-bond acceptors (Lipinski definition) is 3. The number of ether oxygens (including phenoxy) is 1. The zero-order chi connectivity index (χ0) is 12.3. The molecule has 0 saturated carbocycles. The summed E-state index contributed by atoms with van der Waals surface area (Å²) in [5, 5.41) is 3.64. The lowest BCUT2D eigenvalue weighted by molar-refractivity contribution is 0.103. The average molecular weight is 259 g/mol. The van der Waals surface area contributed by atoms with Crippen molar-refractivity contribution in [2.45, 2.75) is 52.0 Å². The number of nitrogens with one attached hydrogen (secondary N) is 1. The Morgan fingerprint density at radius 3 is 2.65 bits per heavy atom. The molecule has 0 aromatic carbocycles. The van der Waals surface area contributed by atoms with Crippen LogP contribution < -0.4 is 5.32 Å². The lowest BCUT2D eigenvalue weighted by atomic mass is 9.94. The maximum atomic E-state index is 5.72. The van der Waals surface area contributed by atoms with Gasteiger partial charge in [0.15, 0.2) is 0 Å². The van der Waals surface area contributed by atoms with E-state index < -0.39 is 0 Å². The first-order chi connectivity index (χ1) is 8.36. The quantitative estimate of drug-likeness (QED) is 0.642. The summed E-state index contributed by atoms with van der Waals surface area (Å²) in [5.41, 5.74) is 0. The molecule has 1 aliphatic heterocycles. The molecule has 1 heterocycles. The van der Waals surface area contributed by atoms with Gasteiger partial charge >= 0.3 is 0 Å². The molecule has 1 fully saturated rings. The standard InChI is InChI=1S/C14H29NOS/c1-3-7-15-14(12-16-8-4-2)11-13-5-9-17-10-6-13/h13-15H,3-12H2,1-2H3. The van der Waals surface area contributed by atoms with Crippen LogP contribution in [0.3, 0.4) is 0 Å². The Morgan fingerprint density at radius 2 is 2.00 bits per heavy atom. The Bertz CT molecular complexity index is 172. The van der Waals surface area contributed by atoms with E-state index in [1.807, 2.05) is 0 Å². The molecular weight excluding hydrogens is 230 g/mol. The molecule has 102 valence electrons. The summed E-state index contributed by atoms with van der Waals surface area (Å²) >= 11 is 2.11. The molecule has 1 saturated heterocycles. The summed E-state index contributed by atoms with van der Waals surface area (Å²) in [5.74, 6) is 3.65. The predicted molar refractivity (Wildman–Crippen MR) is 77.9 cm³/mol. The first kappa shape index (κ1) is 15.3. The molecule has 0 amide bonds. The van der Waals surface area contributed by atoms with Crippen molar-refractivity contribution >= 4 is 11.8 Å². The van der Waals surface area contributed by atoms with E-state index in [1.165, 1.54) is 37.2 Å². The molecular formula is C14H29NOS. The average Bonchev–Trinajstić information content (AvgIpc) is 2.37. The normalized spacial score (nSPS) is 19.4. The third-order valence-electron chi connectivity index (χ3n) is 3.31. The summed E-state index contributed by atoms with van der Waals surface area (Å²) in [6.07, 6.45) is 6.46. The van der Waals surface area contributed by atoms with E-state index >= 15 is 0 Å². The third kappa shape index (κ3) is 7.32. The van der Waals surface area contributed by atoms with Crippen LogP contribution in [0.15, 0.2) is 0 Å². The van der Waals surface area contributed by atoms with Gasteiger partial charge in [-0.2, -0.15) is 11.8 Å². The Hall–Kier alpha value is 0.270. The summed E-state index contributed by atoms with van der Waals surface area (Å²) in [7, 11) is 0. The smallest absolute Gasteiger partial charge is 0.0619 e. The van der Waals surface area contributed by atoms with Crippen LogP contribution in [0.25, 0.3) is 0 Å². The molecule has 0 bridgehead atoms. The zero-order valence-corrected chi connectivity index (χ0v) is 12.4. The van der Waals surface area contributed by atoms with Gasteiger partial charge in [0, 0.05) is 12.6 Å². The SMILES string of the molecule is CCCNC(COCCC)CC1CCSCC1. The molecule has 1 atom stereocenters. The minimum Gasteiger partial charge on any atom is -0.380 e. The van der Waals surface area contributed by atoms with Gasteiger partial charge in [0.05, 0.1) is 6.61 Å².